The largest absolute Gasteiger partial charge is 0.449 e. The van der Waals surface area contributed by atoms with Crippen LogP contribution >= 0.6 is 11.3 Å². The summed E-state index contributed by atoms with van der Waals surface area (Å²) >= 11 is 1.30. The summed E-state index contributed by atoms with van der Waals surface area (Å²) in [5.74, 6) is 0.288. The first kappa shape index (κ1) is 18.7. The van der Waals surface area contributed by atoms with Gasteiger partial charge in [-0.05, 0) is 18.8 Å². The summed E-state index contributed by atoms with van der Waals surface area (Å²) in [6.45, 7) is 4.32. The zero-order chi connectivity index (χ0) is 17.4. The van der Waals surface area contributed by atoms with Gasteiger partial charge in [0.05, 0.1) is 18.7 Å². The Kier molecular flexibility index (Phi) is 7.49. The van der Waals surface area contributed by atoms with Crippen LogP contribution in [-0.4, -0.2) is 29.6 Å². The smallest absolute Gasteiger partial charge is 0.413 e. The minimum Gasteiger partial charge on any atom is -0.449 e. The van der Waals surface area contributed by atoms with Crippen molar-refractivity contribution >= 4 is 28.5 Å². The Morgan fingerprint density at radius 2 is 2.00 bits per heavy atom. The van der Waals surface area contributed by atoms with Gasteiger partial charge in [0.25, 0.3) is 0 Å². The van der Waals surface area contributed by atoms with Crippen LogP contribution < -0.4 is 10.6 Å². The van der Waals surface area contributed by atoms with Crippen LogP contribution in [0.25, 0.3) is 0 Å². The van der Waals surface area contributed by atoms with Gasteiger partial charge in [-0.1, -0.05) is 39.5 Å². The molecule has 0 unspecified atom stereocenters. The minimum atomic E-state index is -0.507. The highest BCUT2D eigenvalue weighted by atomic mass is 32.1. The molecule has 1 aromatic rings. The first-order valence-electron chi connectivity index (χ1n) is 8.70. The number of amides is 2. The molecule has 7 heteroatoms. The third kappa shape index (κ3) is 6.86. The van der Waals surface area contributed by atoms with Crippen molar-refractivity contribution in [3.8, 4) is 0 Å². The number of nitrogens with one attached hydrogen (secondary N) is 2. The summed E-state index contributed by atoms with van der Waals surface area (Å²) in [5, 5.41) is 7.95. The van der Waals surface area contributed by atoms with Gasteiger partial charge in [0, 0.05) is 11.4 Å². The third-order valence-electron chi connectivity index (χ3n) is 3.87. The molecule has 1 fully saturated rings. The molecule has 0 saturated heterocycles. The number of thiazole rings is 1. The predicted octanol–water partition coefficient (Wildman–Crippen LogP) is 3.73. The lowest BCUT2D eigenvalue weighted by atomic mass is 10.1. The van der Waals surface area contributed by atoms with Gasteiger partial charge in [-0.15, -0.1) is 11.3 Å². The Hall–Kier alpha value is -1.63. The maximum atomic E-state index is 12.1. The Labute approximate surface area is 147 Å². The van der Waals surface area contributed by atoms with Gasteiger partial charge < -0.3 is 10.1 Å². The van der Waals surface area contributed by atoms with Gasteiger partial charge in [-0.3, -0.25) is 10.1 Å². The van der Waals surface area contributed by atoms with Gasteiger partial charge in [0.1, 0.15) is 0 Å². The number of carbonyl (C=O) groups is 2. The molecule has 2 amide bonds. The van der Waals surface area contributed by atoms with Crippen LogP contribution in [0.4, 0.5) is 9.93 Å². The number of rotatable bonds is 6. The number of hydrogen-bond acceptors (Lipinski definition) is 5. The molecular formula is C17H27N3O3S. The van der Waals surface area contributed by atoms with E-state index in [1.54, 1.807) is 5.38 Å². The van der Waals surface area contributed by atoms with E-state index in [2.05, 4.69) is 15.6 Å². The molecule has 1 saturated carbocycles. The maximum absolute atomic E-state index is 12.1. The summed E-state index contributed by atoms with van der Waals surface area (Å²) in [5.41, 5.74) is 0.672. The molecule has 1 aliphatic carbocycles. The predicted molar refractivity (Wildman–Crippen MR) is 95.3 cm³/mol. The van der Waals surface area contributed by atoms with E-state index in [0.29, 0.717) is 23.5 Å². The highest BCUT2D eigenvalue weighted by Crippen LogP contribution is 2.18. The molecule has 1 aliphatic rings. The SMILES string of the molecule is CC(C)COC(=O)Nc1nc(CC(=O)NC2CCCCCC2)cs1. The van der Waals surface area contributed by atoms with E-state index in [4.69, 9.17) is 4.74 Å². The molecule has 1 heterocycles. The van der Waals surface area contributed by atoms with Crippen molar-refractivity contribution in [3.05, 3.63) is 11.1 Å². The van der Waals surface area contributed by atoms with Gasteiger partial charge in [-0.25, -0.2) is 9.78 Å². The van der Waals surface area contributed by atoms with Crippen LogP contribution in [0.5, 0.6) is 0 Å². The zero-order valence-electron chi connectivity index (χ0n) is 14.5. The van der Waals surface area contributed by atoms with Crippen molar-refractivity contribution < 1.29 is 14.3 Å². The van der Waals surface area contributed by atoms with Crippen molar-refractivity contribution in [1.82, 2.24) is 10.3 Å². The molecule has 0 radical (unpaired) electrons. The third-order valence-corrected chi connectivity index (χ3v) is 4.68. The fourth-order valence-corrected chi connectivity index (χ4v) is 3.37. The van der Waals surface area contributed by atoms with Crippen molar-refractivity contribution in [2.24, 2.45) is 5.92 Å². The molecule has 6 nitrogen and oxygen atoms in total. The quantitative estimate of drug-likeness (QED) is 0.764. The Bertz CT molecular complexity index is 537. The molecule has 0 spiro atoms. The van der Waals surface area contributed by atoms with E-state index >= 15 is 0 Å². The molecular weight excluding hydrogens is 326 g/mol. The van der Waals surface area contributed by atoms with E-state index in [1.165, 1.54) is 37.0 Å². The number of aromatic nitrogens is 1. The maximum Gasteiger partial charge on any atom is 0.413 e. The zero-order valence-corrected chi connectivity index (χ0v) is 15.3. The summed E-state index contributed by atoms with van der Waals surface area (Å²) < 4.78 is 5.05. The van der Waals surface area contributed by atoms with E-state index < -0.39 is 6.09 Å². The monoisotopic (exact) mass is 353 g/mol. The first-order chi connectivity index (χ1) is 11.5. The Morgan fingerprint density at radius 1 is 1.29 bits per heavy atom. The summed E-state index contributed by atoms with van der Waals surface area (Å²) in [7, 11) is 0. The topological polar surface area (TPSA) is 80.3 Å². The molecule has 2 rings (SSSR count). The highest BCUT2D eigenvalue weighted by molar-refractivity contribution is 7.13. The van der Waals surface area contributed by atoms with Crippen LogP contribution in [0.2, 0.25) is 0 Å². The van der Waals surface area contributed by atoms with E-state index in [0.717, 1.165) is 12.8 Å². The molecule has 0 aliphatic heterocycles. The van der Waals surface area contributed by atoms with E-state index in [1.807, 2.05) is 13.8 Å². The lowest BCUT2D eigenvalue weighted by Crippen LogP contribution is -2.35. The van der Waals surface area contributed by atoms with Crippen LogP contribution in [0.3, 0.4) is 0 Å². The van der Waals surface area contributed by atoms with Crippen molar-refractivity contribution in [3.63, 3.8) is 0 Å². The number of ether oxygens (including phenoxy) is 1. The number of nitrogens with zero attached hydrogens (tertiary/aromatic N) is 1. The molecule has 24 heavy (non-hydrogen) atoms. The first-order valence-corrected chi connectivity index (χ1v) is 9.58. The second kappa shape index (κ2) is 9.61. The van der Waals surface area contributed by atoms with Crippen molar-refractivity contribution in [2.45, 2.75) is 64.8 Å². The lowest BCUT2D eigenvalue weighted by molar-refractivity contribution is -0.121. The Balaban J connectivity index is 1.75. The average Bonchev–Trinajstić information content (AvgIpc) is 2.79. The standard InChI is InChI=1S/C17H27N3O3S/c1-12(2)10-23-17(22)20-16-19-14(11-24-16)9-15(21)18-13-7-5-3-4-6-8-13/h11-13H,3-10H2,1-2H3,(H,18,21)(H,19,20,22). The van der Waals surface area contributed by atoms with Gasteiger partial charge >= 0.3 is 6.09 Å². The average molecular weight is 353 g/mol. The molecule has 0 bridgehead atoms. The van der Waals surface area contributed by atoms with Gasteiger partial charge in [0.15, 0.2) is 5.13 Å². The van der Waals surface area contributed by atoms with Crippen LogP contribution in [0.1, 0.15) is 58.1 Å². The number of hydrogen-bond donors (Lipinski definition) is 2. The molecule has 134 valence electrons. The summed E-state index contributed by atoms with van der Waals surface area (Å²) in [6, 6.07) is 0.294. The molecule has 2 N–H and O–H groups in total. The summed E-state index contributed by atoms with van der Waals surface area (Å²) in [6.07, 6.45) is 6.78. The van der Waals surface area contributed by atoms with E-state index in [9.17, 15) is 9.59 Å². The van der Waals surface area contributed by atoms with Crippen LogP contribution in [0.15, 0.2) is 5.38 Å². The van der Waals surface area contributed by atoms with Gasteiger partial charge in [-0.2, -0.15) is 0 Å². The lowest BCUT2D eigenvalue weighted by Gasteiger charge is -2.15. The van der Waals surface area contributed by atoms with Gasteiger partial charge in [0.2, 0.25) is 5.91 Å². The second-order valence-corrected chi connectivity index (χ2v) is 7.55. The highest BCUT2D eigenvalue weighted by Gasteiger charge is 2.16. The molecule has 0 aromatic carbocycles. The number of carbonyl (C=O) groups excluding carboxylic acids is 2. The normalized spacial score (nSPS) is 15.8. The van der Waals surface area contributed by atoms with Crippen LogP contribution in [0, 0.1) is 5.92 Å². The van der Waals surface area contributed by atoms with Crippen molar-refractivity contribution in [1.29, 1.82) is 0 Å². The fraction of sp³-hybridized carbons (Fsp3) is 0.706. The minimum absolute atomic E-state index is 0.00105. The fourth-order valence-electron chi connectivity index (χ4n) is 2.68. The summed E-state index contributed by atoms with van der Waals surface area (Å²) in [4.78, 5) is 28.0. The number of anilines is 1. The van der Waals surface area contributed by atoms with Crippen molar-refractivity contribution in [2.75, 3.05) is 11.9 Å². The molecule has 0 atom stereocenters. The second-order valence-electron chi connectivity index (χ2n) is 6.69. The molecule has 1 aromatic heterocycles. The Morgan fingerprint density at radius 3 is 2.67 bits per heavy atom. The van der Waals surface area contributed by atoms with Crippen LogP contribution in [-0.2, 0) is 16.0 Å². The van der Waals surface area contributed by atoms with E-state index in [-0.39, 0.29) is 18.2 Å².